The molecule has 0 aromatic heterocycles. The lowest BCUT2D eigenvalue weighted by Gasteiger charge is -2.04. The minimum absolute atomic E-state index is 0.863. The van der Waals surface area contributed by atoms with Crippen LogP contribution in [-0.2, 0) is 9.68 Å². The van der Waals surface area contributed by atoms with Crippen molar-refractivity contribution in [2.45, 2.75) is 2.14 Å². The predicted octanol–water partition coefficient (Wildman–Crippen LogP) is 1.84. The number of carbonyl (C=O) groups is 1. The van der Waals surface area contributed by atoms with Crippen molar-refractivity contribution in [2.24, 2.45) is 0 Å². The largest absolute Gasteiger partial charge is 0.379 e. The first kappa shape index (κ1) is 8.87. The van der Waals surface area contributed by atoms with Gasteiger partial charge in [-0.05, 0) is 47.8 Å². The van der Waals surface area contributed by atoms with Gasteiger partial charge in [-0.15, -0.1) is 0 Å². The van der Waals surface area contributed by atoms with Crippen molar-refractivity contribution in [1.29, 1.82) is 0 Å². The molecule has 0 rings (SSSR count). The molecular formula is C2HBr3O3. The molecule has 0 spiro atoms. The first-order valence-corrected chi connectivity index (χ1v) is 3.79. The highest BCUT2D eigenvalue weighted by atomic mass is 80.0. The second-order valence-corrected chi connectivity index (χ2v) is 7.64. The molecule has 0 aliphatic carbocycles. The Balaban J connectivity index is 3.82. The number of rotatable bonds is 0. The van der Waals surface area contributed by atoms with Gasteiger partial charge in [-0.1, -0.05) is 0 Å². The Morgan fingerprint density at radius 2 is 1.88 bits per heavy atom. The number of carbonyl (C=O) groups excluding carboxylic acids is 1. The van der Waals surface area contributed by atoms with E-state index in [1.807, 2.05) is 0 Å². The maximum atomic E-state index is 10.2. The molecular weight excluding hydrogens is 312 g/mol. The molecule has 0 unspecified atom stereocenters. The molecule has 0 aliphatic rings. The van der Waals surface area contributed by atoms with Gasteiger partial charge in [0, 0.05) is 0 Å². The van der Waals surface area contributed by atoms with Crippen LogP contribution in [0.15, 0.2) is 0 Å². The number of hydrogen-bond acceptors (Lipinski definition) is 3. The van der Waals surface area contributed by atoms with E-state index in [1.165, 1.54) is 0 Å². The first-order valence-electron chi connectivity index (χ1n) is 1.41. The van der Waals surface area contributed by atoms with E-state index in [1.54, 1.807) is 0 Å². The molecule has 0 aromatic rings. The summed E-state index contributed by atoms with van der Waals surface area (Å²) < 4.78 is -1.16. The molecule has 6 heteroatoms. The maximum Gasteiger partial charge on any atom is 0.379 e. The minimum atomic E-state index is -1.16. The summed E-state index contributed by atoms with van der Waals surface area (Å²) in [7, 11) is 0. The SMILES string of the molecule is O=C(OO)C(Br)(Br)Br. The van der Waals surface area contributed by atoms with E-state index in [0.717, 1.165) is 0 Å². The van der Waals surface area contributed by atoms with Crippen LogP contribution in [0.3, 0.4) is 0 Å². The third-order valence-electron chi connectivity index (χ3n) is 0.314. The minimum Gasteiger partial charge on any atom is -0.297 e. The van der Waals surface area contributed by atoms with Crippen LogP contribution in [-0.4, -0.2) is 13.4 Å². The predicted molar refractivity (Wildman–Crippen MR) is 38.2 cm³/mol. The van der Waals surface area contributed by atoms with Gasteiger partial charge in [-0.25, -0.2) is 4.79 Å². The van der Waals surface area contributed by atoms with Gasteiger partial charge in [0.15, 0.2) is 0 Å². The van der Waals surface area contributed by atoms with Crippen molar-refractivity contribution >= 4 is 53.8 Å². The molecule has 0 aromatic carbocycles. The lowest BCUT2D eigenvalue weighted by atomic mass is 10.8. The van der Waals surface area contributed by atoms with Crippen molar-refractivity contribution < 1.29 is 14.9 Å². The van der Waals surface area contributed by atoms with Crippen LogP contribution < -0.4 is 0 Å². The topological polar surface area (TPSA) is 46.5 Å². The highest BCUT2D eigenvalue weighted by Gasteiger charge is 2.30. The summed E-state index contributed by atoms with van der Waals surface area (Å²) in [6.07, 6.45) is 0. The molecule has 1 N–H and O–H groups in total. The maximum absolute atomic E-state index is 10.2. The van der Waals surface area contributed by atoms with Gasteiger partial charge in [0.2, 0.25) is 2.14 Å². The van der Waals surface area contributed by atoms with Crippen LogP contribution in [0.1, 0.15) is 0 Å². The van der Waals surface area contributed by atoms with Crippen molar-refractivity contribution in [1.82, 2.24) is 0 Å². The molecule has 3 nitrogen and oxygen atoms in total. The summed E-state index contributed by atoms with van der Waals surface area (Å²) in [5.41, 5.74) is 0. The summed E-state index contributed by atoms with van der Waals surface area (Å²) in [4.78, 5) is 13.6. The van der Waals surface area contributed by atoms with Crippen molar-refractivity contribution in [3.63, 3.8) is 0 Å². The Bertz CT molecular complexity index is 95.2. The van der Waals surface area contributed by atoms with Crippen LogP contribution in [0.25, 0.3) is 0 Å². The van der Waals surface area contributed by atoms with Crippen molar-refractivity contribution in [2.75, 3.05) is 0 Å². The van der Waals surface area contributed by atoms with Gasteiger partial charge < -0.3 is 0 Å². The van der Waals surface area contributed by atoms with Crippen LogP contribution in [0.2, 0.25) is 0 Å². The molecule has 0 radical (unpaired) electrons. The highest BCUT2D eigenvalue weighted by Crippen LogP contribution is 2.34. The number of alkyl halides is 3. The Labute approximate surface area is 70.7 Å². The van der Waals surface area contributed by atoms with E-state index in [2.05, 4.69) is 52.7 Å². The summed E-state index contributed by atoms with van der Waals surface area (Å²) in [5.74, 6) is -0.863. The van der Waals surface area contributed by atoms with E-state index < -0.39 is 8.11 Å². The zero-order valence-electron chi connectivity index (χ0n) is 3.40. The van der Waals surface area contributed by atoms with E-state index in [4.69, 9.17) is 5.26 Å². The van der Waals surface area contributed by atoms with Crippen molar-refractivity contribution in [3.8, 4) is 0 Å². The third-order valence-corrected chi connectivity index (χ3v) is 1.29. The fourth-order valence-corrected chi connectivity index (χ4v) is 0.269. The van der Waals surface area contributed by atoms with Gasteiger partial charge in [0.25, 0.3) is 0 Å². The average Bonchev–Trinajstić information content (AvgIpc) is 1.62. The van der Waals surface area contributed by atoms with Gasteiger partial charge in [-0.3, -0.25) is 4.89 Å². The monoisotopic (exact) mass is 310 g/mol. The standard InChI is InChI=1S/C2HBr3O3/c3-2(4,5)1(6)8-7/h7H. The van der Waals surface area contributed by atoms with Crippen LogP contribution in [0.5, 0.6) is 0 Å². The fourth-order valence-electron chi connectivity index (χ4n) is 0.0518. The van der Waals surface area contributed by atoms with Gasteiger partial charge in [-0.2, -0.15) is 5.26 Å². The second kappa shape index (κ2) is 3.14. The molecule has 8 heavy (non-hydrogen) atoms. The Morgan fingerprint density at radius 3 is 1.88 bits per heavy atom. The second-order valence-electron chi connectivity index (χ2n) is 0.877. The fraction of sp³-hybridized carbons (Fsp3) is 0.500. The van der Waals surface area contributed by atoms with Gasteiger partial charge >= 0.3 is 5.97 Å². The summed E-state index contributed by atoms with van der Waals surface area (Å²) >= 11 is 8.41. The van der Waals surface area contributed by atoms with E-state index in [9.17, 15) is 4.79 Å². The third kappa shape index (κ3) is 3.01. The smallest absolute Gasteiger partial charge is 0.297 e. The summed E-state index contributed by atoms with van der Waals surface area (Å²) in [5, 5.41) is 7.73. The molecule has 0 bridgehead atoms. The van der Waals surface area contributed by atoms with Crippen LogP contribution in [0, 0.1) is 0 Å². The normalized spacial score (nSPS) is 11.0. The molecule has 0 saturated heterocycles. The van der Waals surface area contributed by atoms with Gasteiger partial charge in [0.1, 0.15) is 0 Å². The molecule has 0 atom stereocenters. The molecule has 0 saturated carbocycles. The van der Waals surface area contributed by atoms with Gasteiger partial charge in [0.05, 0.1) is 0 Å². The van der Waals surface area contributed by atoms with E-state index in [-0.39, 0.29) is 0 Å². The first-order chi connectivity index (χ1) is 3.48. The lowest BCUT2D eigenvalue weighted by molar-refractivity contribution is -0.232. The summed E-state index contributed by atoms with van der Waals surface area (Å²) in [6.45, 7) is 0. The van der Waals surface area contributed by atoms with E-state index >= 15 is 0 Å². The quantitative estimate of drug-likeness (QED) is 0.422. The molecule has 0 fully saturated rings. The van der Waals surface area contributed by atoms with E-state index in [0.29, 0.717) is 0 Å². The molecule has 0 heterocycles. The Kier molecular flexibility index (Phi) is 3.49. The number of halogens is 3. The summed E-state index contributed by atoms with van der Waals surface area (Å²) in [6, 6.07) is 0. The van der Waals surface area contributed by atoms with Crippen LogP contribution >= 0.6 is 47.8 Å². The zero-order chi connectivity index (χ0) is 6.78. The zero-order valence-corrected chi connectivity index (χ0v) is 8.16. The van der Waals surface area contributed by atoms with Crippen LogP contribution in [0.4, 0.5) is 0 Å². The molecule has 0 aliphatic heterocycles. The highest BCUT2D eigenvalue weighted by molar-refractivity contribution is 9.40. The molecule has 0 amide bonds. The molecule has 48 valence electrons. The number of hydrogen-bond donors (Lipinski definition) is 1. The Morgan fingerprint density at radius 1 is 1.50 bits per heavy atom. The van der Waals surface area contributed by atoms with Crippen molar-refractivity contribution in [3.05, 3.63) is 0 Å². The lowest BCUT2D eigenvalue weighted by Crippen LogP contribution is -2.18. The Hall–Kier alpha value is 0.870. The average molecular weight is 313 g/mol.